The maximum absolute atomic E-state index is 11.5. The van der Waals surface area contributed by atoms with Crippen LogP contribution in [-0.2, 0) is 4.79 Å². The van der Waals surface area contributed by atoms with Gasteiger partial charge < -0.3 is 10.2 Å². The predicted molar refractivity (Wildman–Crippen MR) is 97.7 cm³/mol. The molecule has 24 heavy (non-hydrogen) atoms. The number of azo groups is 1. The average Bonchev–Trinajstić information content (AvgIpc) is 2.56. The van der Waals surface area contributed by atoms with Crippen LogP contribution in [0.1, 0.15) is 20.8 Å². The molecule has 0 saturated heterocycles. The van der Waals surface area contributed by atoms with Gasteiger partial charge in [-0.05, 0) is 44.2 Å². The van der Waals surface area contributed by atoms with Crippen molar-refractivity contribution in [3.05, 3.63) is 41.7 Å². The Balaban J connectivity index is 2.37. The zero-order chi connectivity index (χ0) is 17.5. The average molecular weight is 346 g/mol. The summed E-state index contributed by atoms with van der Waals surface area (Å²) in [5.41, 5.74) is 2.65. The van der Waals surface area contributed by atoms with E-state index in [1.165, 1.54) is 6.92 Å². The molecule has 7 heteroatoms. The van der Waals surface area contributed by atoms with Gasteiger partial charge in [0.15, 0.2) is 5.15 Å². The number of hydrogen-bond acceptors (Lipinski definition) is 5. The first-order valence-corrected chi connectivity index (χ1v) is 8.11. The fourth-order valence-corrected chi connectivity index (χ4v) is 2.40. The third-order valence-electron chi connectivity index (χ3n) is 3.42. The molecule has 2 rings (SSSR count). The van der Waals surface area contributed by atoms with Crippen LogP contribution in [0, 0.1) is 0 Å². The van der Waals surface area contributed by atoms with Crippen LogP contribution in [0.3, 0.4) is 0 Å². The topological polar surface area (TPSA) is 70.0 Å². The molecule has 1 amide bonds. The van der Waals surface area contributed by atoms with Crippen molar-refractivity contribution in [3.8, 4) is 0 Å². The molecule has 1 aromatic heterocycles. The number of rotatable bonds is 6. The lowest BCUT2D eigenvalue weighted by atomic mass is 10.2. The van der Waals surface area contributed by atoms with E-state index >= 15 is 0 Å². The van der Waals surface area contributed by atoms with Crippen molar-refractivity contribution in [2.75, 3.05) is 23.3 Å². The van der Waals surface area contributed by atoms with E-state index in [-0.39, 0.29) is 11.1 Å². The zero-order valence-corrected chi connectivity index (χ0v) is 14.7. The number of nitrogens with one attached hydrogen (secondary N) is 1. The normalized spacial score (nSPS) is 10.8. The van der Waals surface area contributed by atoms with Crippen molar-refractivity contribution >= 4 is 40.3 Å². The van der Waals surface area contributed by atoms with E-state index < -0.39 is 0 Å². The minimum Gasteiger partial charge on any atom is -0.372 e. The molecule has 1 N–H and O–H groups in total. The number of halogens is 1. The standard InChI is InChI=1S/C17H20ClN5O/c1-4-23(5-2)13-8-9-14(16(11-13)20-12(3)24)21-22-15-7-6-10-19-17(15)18/h6-11H,4-5H2,1-3H3,(H,20,24)/b22-21+. The summed E-state index contributed by atoms with van der Waals surface area (Å²) in [6.07, 6.45) is 1.59. The molecule has 1 aromatic carbocycles. The Bertz CT molecular complexity index is 744. The molecule has 2 aromatic rings. The van der Waals surface area contributed by atoms with Crippen molar-refractivity contribution in [1.82, 2.24) is 4.98 Å². The van der Waals surface area contributed by atoms with Crippen molar-refractivity contribution in [2.45, 2.75) is 20.8 Å². The van der Waals surface area contributed by atoms with Gasteiger partial charge in [0.1, 0.15) is 11.4 Å². The van der Waals surface area contributed by atoms with Gasteiger partial charge in [0, 0.05) is 31.9 Å². The highest BCUT2D eigenvalue weighted by molar-refractivity contribution is 6.31. The second kappa shape index (κ2) is 8.40. The van der Waals surface area contributed by atoms with Crippen LogP contribution in [0.15, 0.2) is 46.8 Å². The predicted octanol–water partition coefficient (Wildman–Crippen LogP) is 4.96. The van der Waals surface area contributed by atoms with Gasteiger partial charge in [-0.1, -0.05) is 11.6 Å². The molecule has 0 radical (unpaired) electrons. The number of hydrogen-bond donors (Lipinski definition) is 1. The first-order chi connectivity index (χ1) is 11.5. The van der Waals surface area contributed by atoms with E-state index in [0.29, 0.717) is 17.1 Å². The van der Waals surface area contributed by atoms with E-state index in [1.54, 1.807) is 18.3 Å². The van der Waals surface area contributed by atoms with Gasteiger partial charge in [-0.2, -0.15) is 0 Å². The lowest BCUT2D eigenvalue weighted by molar-refractivity contribution is -0.114. The molecule has 0 aliphatic heterocycles. The largest absolute Gasteiger partial charge is 0.372 e. The Kier molecular flexibility index (Phi) is 6.26. The summed E-state index contributed by atoms with van der Waals surface area (Å²) in [6.45, 7) is 7.38. The number of amides is 1. The minimum atomic E-state index is -0.164. The Morgan fingerprint density at radius 2 is 1.92 bits per heavy atom. The van der Waals surface area contributed by atoms with Gasteiger partial charge in [0.25, 0.3) is 0 Å². The zero-order valence-electron chi connectivity index (χ0n) is 14.0. The summed E-state index contributed by atoms with van der Waals surface area (Å²) in [5.74, 6) is -0.164. The number of nitrogens with zero attached hydrogens (tertiary/aromatic N) is 4. The second-order valence-corrected chi connectivity index (χ2v) is 5.43. The van der Waals surface area contributed by atoms with E-state index in [9.17, 15) is 4.79 Å². The van der Waals surface area contributed by atoms with Gasteiger partial charge >= 0.3 is 0 Å². The summed E-state index contributed by atoms with van der Waals surface area (Å²) < 4.78 is 0. The summed E-state index contributed by atoms with van der Waals surface area (Å²) in [5, 5.41) is 11.4. The van der Waals surface area contributed by atoms with Crippen molar-refractivity contribution < 1.29 is 4.79 Å². The lowest BCUT2D eigenvalue weighted by Crippen LogP contribution is -2.21. The Labute approximate surface area is 146 Å². The van der Waals surface area contributed by atoms with Crippen LogP contribution in [0.2, 0.25) is 5.15 Å². The minimum absolute atomic E-state index is 0.164. The highest BCUT2D eigenvalue weighted by Crippen LogP contribution is 2.32. The van der Waals surface area contributed by atoms with Crippen LogP contribution in [0.25, 0.3) is 0 Å². The molecule has 0 aliphatic carbocycles. The smallest absolute Gasteiger partial charge is 0.221 e. The van der Waals surface area contributed by atoms with Crippen LogP contribution < -0.4 is 10.2 Å². The maximum Gasteiger partial charge on any atom is 0.221 e. The fourth-order valence-electron chi connectivity index (χ4n) is 2.25. The number of aromatic nitrogens is 1. The number of benzene rings is 1. The van der Waals surface area contributed by atoms with Gasteiger partial charge in [0.05, 0.1) is 5.69 Å². The first-order valence-electron chi connectivity index (χ1n) is 7.74. The third kappa shape index (κ3) is 4.52. The molecule has 0 saturated carbocycles. The van der Waals surface area contributed by atoms with E-state index in [1.807, 2.05) is 18.2 Å². The van der Waals surface area contributed by atoms with Crippen LogP contribution >= 0.6 is 11.6 Å². The second-order valence-electron chi connectivity index (χ2n) is 5.07. The molecule has 0 unspecified atom stereocenters. The van der Waals surface area contributed by atoms with Crippen LogP contribution in [0.4, 0.5) is 22.7 Å². The summed E-state index contributed by atoms with van der Waals surface area (Å²) in [6, 6.07) is 9.14. The Morgan fingerprint density at radius 1 is 1.21 bits per heavy atom. The first kappa shape index (κ1) is 17.9. The number of carbonyl (C=O) groups excluding carboxylic acids is 1. The molecule has 0 atom stereocenters. The van der Waals surface area contributed by atoms with Crippen LogP contribution in [0.5, 0.6) is 0 Å². The molecule has 6 nitrogen and oxygen atoms in total. The molecule has 1 heterocycles. The highest BCUT2D eigenvalue weighted by Gasteiger charge is 2.09. The molecule has 0 aliphatic rings. The lowest BCUT2D eigenvalue weighted by Gasteiger charge is -2.22. The monoisotopic (exact) mass is 345 g/mol. The summed E-state index contributed by atoms with van der Waals surface area (Å²) in [7, 11) is 0. The van der Waals surface area contributed by atoms with Crippen LogP contribution in [-0.4, -0.2) is 24.0 Å². The van der Waals surface area contributed by atoms with Crippen molar-refractivity contribution in [2.24, 2.45) is 10.2 Å². The molecular formula is C17H20ClN5O. The molecule has 126 valence electrons. The van der Waals surface area contributed by atoms with Gasteiger partial charge in [0.2, 0.25) is 5.91 Å². The van der Waals surface area contributed by atoms with Gasteiger partial charge in [-0.3, -0.25) is 4.79 Å². The SMILES string of the molecule is CCN(CC)c1ccc(/N=N/c2cccnc2Cl)c(NC(C)=O)c1. The number of anilines is 2. The van der Waals surface area contributed by atoms with Crippen molar-refractivity contribution in [3.63, 3.8) is 0 Å². The Hall–Kier alpha value is -2.47. The van der Waals surface area contributed by atoms with Gasteiger partial charge in [-0.25, -0.2) is 4.98 Å². The molecule has 0 spiro atoms. The van der Waals surface area contributed by atoms with Gasteiger partial charge in [-0.15, -0.1) is 10.2 Å². The van der Waals surface area contributed by atoms with Crippen molar-refractivity contribution in [1.29, 1.82) is 0 Å². The van der Waals surface area contributed by atoms with E-state index in [0.717, 1.165) is 18.8 Å². The third-order valence-corrected chi connectivity index (χ3v) is 3.72. The number of carbonyl (C=O) groups is 1. The molecule has 0 bridgehead atoms. The van der Waals surface area contributed by atoms with E-state index in [4.69, 9.17) is 11.6 Å². The highest BCUT2D eigenvalue weighted by atomic mass is 35.5. The molecule has 0 fully saturated rings. The molecular weight excluding hydrogens is 326 g/mol. The quantitative estimate of drug-likeness (QED) is 0.594. The maximum atomic E-state index is 11.5. The fraction of sp³-hybridized carbons (Fsp3) is 0.294. The summed E-state index contributed by atoms with van der Waals surface area (Å²) >= 11 is 5.98. The number of pyridine rings is 1. The summed E-state index contributed by atoms with van der Waals surface area (Å²) in [4.78, 5) is 17.6. The Morgan fingerprint density at radius 3 is 2.54 bits per heavy atom. The van der Waals surface area contributed by atoms with E-state index in [2.05, 4.69) is 39.3 Å².